The Balaban J connectivity index is 2.57. The quantitative estimate of drug-likeness (QED) is 0.647. The van der Waals surface area contributed by atoms with Crippen molar-refractivity contribution in [2.75, 3.05) is 0 Å². The molecule has 0 N–H and O–H groups in total. The highest BCUT2D eigenvalue weighted by Gasteiger charge is 2.33. The van der Waals surface area contributed by atoms with Crippen LogP contribution in [0.25, 0.3) is 0 Å². The Morgan fingerprint density at radius 1 is 1.47 bits per heavy atom. The normalized spacial score (nSPS) is 23.3. The monoisotopic (exact) mass is 219 g/mol. The van der Waals surface area contributed by atoms with E-state index in [2.05, 4.69) is 33.8 Å². The topological polar surface area (TPSA) is 23.8 Å². The van der Waals surface area contributed by atoms with Gasteiger partial charge in [0.1, 0.15) is 6.07 Å². The molecule has 1 aromatic heterocycles. The van der Waals surface area contributed by atoms with Crippen molar-refractivity contribution in [3.63, 3.8) is 0 Å². The standard InChI is InChI=1S/C13H17NS/c1-8-5-13(3,4)6-10-11(7-14)9(2)15-12(8)10/h8H,5-6H2,1-4H3. The highest BCUT2D eigenvalue weighted by atomic mass is 32.1. The third-order valence-corrected chi connectivity index (χ3v) is 4.67. The van der Waals surface area contributed by atoms with Gasteiger partial charge < -0.3 is 0 Å². The summed E-state index contributed by atoms with van der Waals surface area (Å²) in [6.07, 6.45) is 2.31. The summed E-state index contributed by atoms with van der Waals surface area (Å²) in [7, 11) is 0. The largest absolute Gasteiger partial charge is 0.192 e. The van der Waals surface area contributed by atoms with Crippen molar-refractivity contribution in [3.05, 3.63) is 20.9 Å². The summed E-state index contributed by atoms with van der Waals surface area (Å²) in [5.41, 5.74) is 2.64. The molecule has 0 radical (unpaired) electrons. The van der Waals surface area contributed by atoms with E-state index in [-0.39, 0.29) is 0 Å². The first-order chi connectivity index (χ1) is 6.94. The Labute approximate surface area is 95.7 Å². The molecule has 1 heterocycles. The number of thiophene rings is 1. The highest BCUT2D eigenvalue weighted by molar-refractivity contribution is 7.12. The molecule has 2 rings (SSSR count). The van der Waals surface area contributed by atoms with Crippen LogP contribution in [-0.2, 0) is 6.42 Å². The van der Waals surface area contributed by atoms with Crippen LogP contribution in [0.1, 0.15) is 54.0 Å². The fourth-order valence-electron chi connectivity index (χ4n) is 2.81. The zero-order valence-corrected chi connectivity index (χ0v) is 10.7. The zero-order chi connectivity index (χ0) is 11.2. The fourth-order valence-corrected chi connectivity index (χ4v) is 3.99. The van der Waals surface area contributed by atoms with Crippen LogP contribution in [0.5, 0.6) is 0 Å². The number of fused-ring (bicyclic) bond motifs is 1. The highest BCUT2D eigenvalue weighted by Crippen LogP contribution is 2.46. The van der Waals surface area contributed by atoms with Gasteiger partial charge in [0.25, 0.3) is 0 Å². The Hall–Kier alpha value is -0.810. The second-order valence-corrected chi connectivity index (χ2v) is 6.69. The van der Waals surface area contributed by atoms with Gasteiger partial charge in [0, 0.05) is 9.75 Å². The first kappa shape index (κ1) is 10.7. The molecule has 0 bridgehead atoms. The van der Waals surface area contributed by atoms with E-state index < -0.39 is 0 Å². The minimum atomic E-state index is 0.353. The summed E-state index contributed by atoms with van der Waals surface area (Å²) in [6, 6.07) is 2.37. The third kappa shape index (κ3) is 1.70. The molecule has 0 aromatic carbocycles. The first-order valence-corrected chi connectivity index (χ1v) is 6.28. The molecule has 1 unspecified atom stereocenters. The summed E-state index contributed by atoms with van der Waals surface area (Å²) >= 11 is 1.83. The van der Waals surface area contributed by atoms with Gasteiger partial charge in [-0.3, -0.25) is 0 Å². The number of rotatable bonds is 0. The maximum absolute atomic E-state index is 9.18. The number of nitriles is 1. The molecule has 1 nitrogen and oxygen atoms in total. The second kappa shape index (κ2) is 3.35. The Morgan fingerprint density at radius 2 is 2.13 bits per heavy atom. The summed E-state index contributed by atoms with van der Waals surface area (Å²) in [5, 5.41) is 9.18. The fraction of sp³-hybridized carbons (Fsp3) is 0.615. The second-order valence-electron chi connectivity index (χ2n) is 5.43. The molecular weight excluding hydrogens is 202 g/mol. The van der Waals surface area contributed by atoms with Crippen molar-refractivity contribution in [3.8, 4) is 6.07 Å². The van der Waals surface area contributed by atoms with Gasteiger partial charge in [-0.1, -0.05) is 20.8 Å². The first-order valence-electron chi connectivity index (χ1n) is 5.47. The third-order valence-electron chi connectivity index (χ3n) is 3.29. The minimum absolute atomic E-state index is 0.353. The van der Waals surface area contributed by atoms with Crippen LogP contribution in [0.15, 0.2) is 0 Å². The molecule has 2 heteroatoms. The molecule has 0 saturated carbocycles. The van der Waals surface area contributed by atoms with Gasteiger partial charge in [-0.25, -0.2) is 0 Å². The van der Waals surface area contributed by atoms with Crippen molar-refractivity contribution in [2.24, 2.45) is 5.41 Å². The Kier molecular flexibility index (Phi) is 2.39. The van der Waals surface area contributed by atoms with Crippen molar-refractivity contribution >= 4 is 11.3 Å². The predicted octanol–water partition coefficient (Wildman–Crippen LogP) is 4.00. The Morgan fingerprint density at radius 3 is 2.73 bits per heavy atom. The molecule has 1 aliphatic rings. The average Bonchev–Trinajstić information content (AvgIpc) is 2.40. The number of hydrogen-bond donors (Lipinski definition) is 0. The maximum Gasteiger partial charge on any atom is 0.101 e. The SMILES string of the molecule is Cc1sc2c(c1C#N)CC(C)(C)CC2C. The van der Waals surface area contributed by atoms with Crippen molar-refractivity contribution in [1.82, 2.24) is 0 Å². The van der Waals surface area contributed by atoms with E-state index in [0.29, 0.717) is 11.3 Å². The minimum Gasteiger partial charge on any atom is -0.192 e. The Bertz CT molecular complexity index is 434. The maximum atomic E-state index is 9.18. The van der Waals surface area contributed by atoms with Crippen LogP contribution in [0, 0.1) is 23.7 Å². The van der Waals surface area contributed by atoms with Crippen molar-refractivity contribution < 1.29 is 0 Å². The van der Waals surface area contributed by atoms with Crippen molar-refractivity contribution in [2.45, 2.75) is 46.5 Å². The lowest BCUT2D eigenvalue weighted by Crippen LogP contribution is -2.23. The lowest BCUT2D eigenvalue weighted by atomic mass is 9.72. The molecule has 15 heavy (non-hydrogen) atoms. The molecule has 0 aliphatic heterocycles. The van der Waals surface area contributed by atoms with Gasteiger partial charge in [0.05, 0.1) is 5.56 Å². The van der Waals surface area contributed by atoms with Gasteiger partial charge in [0.15, 0.2) is 0 Å². The van der Waals surface area contributed by atoms with E-state index in [4.69, 9.17) is 0 Å². The lowest BCUT2D eigenvalue weighted by molar-refractivity contribution is 0.291. The van der Waals surface area contributed by atoms with Gasteiger partial charge in [-0.15, -0.1) is 11.3 Å². The molecule has 1 aromatic rings. The van der Waals surface area contributed by atoms with E-state index in [1.165, 1.54) is 21.7 Å². The predicted molar refractivity (Wildman–Crippen MR) is 64.3 cm³/mol. The van der Waals surface area contributed by atoms with Crippen LogP contribution >= 0.6 is 11.3 Å². The van der Waals surface area contributed by atoms with Crippen LogP contribution in [0.2, 0.25) is 0 Å². The van der Waals surface area contributed by atoms with Gasteiger partial charge in [-0.05, 0) is 36.7 Å². The average molecular weight is 219 g/mol. The molecule has 1 aliphatic carbocycles. The summed E-state index contributed by atoms with van der Waals surface area (Å²) in [5.74, 6) is 0.620. The van der Waals surface area contributed by atoms with Gasteiger partial charge in [0.2, 0.25) is 0 Å². The molecule has 0 saturated heterocycles. The van der Waals surface area contributed by atoms with Crippen molar-refractivity contribution in [1.29, 1.82) is 5.26 Å². The molecular formula is C13H17NS. The molecule has 0 fully saturated rings. The molecule has 80 valence electrons. The lowest BCUT2D eigenvalue weighted by Gasteiger charge is -2.33. The zero-order valence-electron chi connectivity index (χ0n) is 9.85. The van der Waals surface area contributed by atoms with Gasteiger partial charge in [-0.2, -0.15) is 5.26 Å². The number of nitrogens with zero attached hydrogens (tertiary/aromatic N) is 1. The molecule has 0 spiro atoms. The molecule has 1 atom stereocenters. The van der Waals surface area contributed by atoms with E-state index in [1.807, 2.05) is 11.3 Å². The van der Waals surface area contributed by atoms with E-state index >= 15 is 0 Å². The van der Waals surface area contributed by atoms with Gasteiger partial charge >= 0.3 is 0 Å². The van der Waals surface area contributed by atoms with E-state index in [9.17, 15) is 5.26 Å². The summed E-state index contributed by atoms with van der Waals surface area (Å²) < 4.78 is 0. The smallest absolute Gasteiger partial charge is 0.101 e. The van der Waals surface area contributed by atoms with Crippen LogP contribution < -0.4 is 0 Å². The van der Waals surface area contributed by atoms with E-state index in [0.717, 1.165) is 12.0 Å². The molecule has 0 amide bonds. The van der Waals surface area contributed by atoms with Crippen LogP contribution in [0.3, 0.4) is 0 Å². The van der Waals surface area contributed by atoms with Crippen LogP contribution in [-0.4, -0.2) is 0 Å². The number of aryl methyl sites for hydroxylation is 1. The summed E-state index contributed by atoms with van der Waals surface area (Å²) in [4.78, 5) is 2.66. The van der Waals surface area contributed by atoms with Crippen LogP contribution in [0.4, 0.5) is 0 Å². The summed E-state index contributed by atoms with van der Waals surface area (Å²) in [6.45, 7) is 8.97. The number of hydrogen-bond acceptors (Lipinski definition) is 2. The van der Waals surface area contributed by atoms with E-state index in [1.54, 1.807) is 0 Å².